The van der Waals surface area contributed by atoms with E-state index in [0.717, 1.165) is 63.6 Å². The maximum absolute atomic E-state index is 12.8. The average molecular weight is 531 g/mol. The molecule has 5 heterocycles. The van der Waals surface area contributed by atoms with E-state index >= 15 is 0 Å². The second-order valence-corrected chi connectivity index (χ2v) is 11.5. The van der Waals surface area contributed by atoms with E-state index in [9.17, 15) is 14.4 Å². The Kier molecular flexibility index (Phi) is 6.06. The lowest BCUT2D eigenvalue weighted by molar-refractivity contribution is -0.129. The minimum absolute atomic E-state index is 0.0919. The maximum atomic E-state index is 12.8. The van der Waals surface area contributed by atoms with Gasteiger partial charge in [-0.1, -0.05) is 0 Å². The number of pyridine rings is 1. The standard InChI is InChI=1S/C28H30N6O3S/c1-16-29-13-21(38-16)11-25(36)31-19-4-5-24-22(10-19)23-15-32(3)27-26(23)18(12-30-28(27)37)14-34(24)20-6-8-33(9-7-20)17(2)35/h4-5,10,12-13,15,20H,6-9,11,14H2,1-3H3,(H,30,37)(H,31,36). The summed E-state index contributed by atoms with van der Waals surface area (Å²) < 4.78 is 1.88. The highest BCUT2D eigenvalue weighted by atomic mass is 32.1. The molecule has 1 fully saturated rings. The number of hydrogen-bond acceptors (Lipinski definition) is 6. The van der Waals surface area contributed by atoms with Gasteiger partial charge in [0.15, 0.2) is 0 Å². The number of aromatic nitrogens is 3. The van der Waals surface area contributed by atoms with Crippen molar-refractivity contribution in [2.24, 2.45) is 7.05 Å². The second-order valence-electron chi connectivity index (χ2n) is 10.2. The van der Waals surface area contributed by atoms with Crippen LogP contribution in [0.5, 0.6) is 0 Å². The number of piperidine rings is 1. The highest BCUT2D eigenvalue weighted by molar-refractivity contribution is 7.11. The fourth-order valence-electron chi connectivity index (χ4n) is 5.86. The molecule has 38 heavy (non-hydrogen) atoms. The van der Waals surface area contributed by atoms with Gasteiger partial charge in [0, 0.05) is 91.0 Å². The van der Waals surface area contributed by atoms with E-state index in [-0.39, 0.29) is 29.8 Å². The summed E-state index contributed by atoms with van der Waals surface area (Å²) in [6, 6.07) is 6.30. The molecule has 0 unspecified atom stereocenters. The lowest BCUT2D eigenvalue weighted by atomic mass is 9.99. The topological polar surface area (TPSA) is 103 Å². The summed E-state index contributed by atoms with van der Waals surface area (Å²) in [5.41, 5.74) is 5.34. The monoisotopic (exact) mass is 530 g/mol. The van der Waals surface area contributed by atoms with Crippen molar-refractivity contribution in [3.8, 4) is 11.1 Å². The van der Waals surface area contributed by atoms with Gasteiger partial charge in [0.2, 0.25) is 11.8 Å². The van der Waals surface area contributed by atoms with E-state index in [1.54, 1.807) is 13.1 Å². The van der Waals surface area contributed by atoms with E-state index < -0.39 is 0 Å². The van der Waals surface area contributed by atoms with Crippen molar-refractivity contribution in [1.29, 1.82) is 0 Å². The van der Waals surface area contributed by atoms with Crippen molar-refractivity contribution in [2.45, 2.75) is 45.7 Å². The van der Waals surface area contributed by atoms with Crippen LogP contribution in [0.1, 0.15) is 35.2 Å². The second kappa shape index (κ2) is 9.43. The number of carbonyl (C=O) groups is 2. The third kappa shape index (κ3) is 4.28. The highest BCUT2D eigenvalue weighted by Crippen LogP contribution is 2.44. The van der Waals surface area contributed by atoms with Gasteiger partial charge >= 0.3 is 0 Å². The summed E-state index contributed by atoms with van der Waals surface area (Å²) >= 11 is 1.52. The Bertz CT molecular complexity index is 1630. The number of amides is 2. The molecule has 196 valence electrons. The molecule has 1 aromatic carbocycles. The van der Waals surface area contributed by atoms with Gasteiger partial charge in [-0.15, -0.1) is 11.3 Å². The lowest BCUT2D eigenvalue weighted by Gasteiger charge is -2.40. The Balaban J connectivity index is 1.40. The van der Waals surface area contributed by atoms with Crippen LogP contribution in [0, 0.1) is 6.92 Å². The molecule has 2 aliphatic heterocycles. The Hall–Kier alpha value is -3.92. The SMILES string of the molecule is CC(=O)N1CCC(N2Cc3c[nH]c(=O)c4c3c(cn4C)-c3cc(NC(=O)Cc4cnc(C)s4)ccc32)CC1. The number of carbonyl (C=O) groups excluding carboxylic acids is 2. The first-order valence-electron chi connectivity index (χ1n) is 12.9. The number of likely N-dealkylation sites (tertiary alicyclic amines) is 1. The normalized spacial score (nSPS) is 15.4. The number of fused-ring (bicyclic) bond motifs is 2. The molecule has 10 heteroatoms. The van der Waals surface area contributed by atoms with E-state index in [4.69, 9.17) is 0 Å². The molecule has 0 saturated carbocycles. The van der Waals surface area contributed by atoms with Gasteiger partial charge in [0.25, 0.3) is 5.56 Å². The zero-order valence-electron chi connectivity index (χ0n) is 21.7. The Morgan fingerprint density at radius 2 is 2.00 bits per heavy atom. The van der Waals surface area contributed by atoms with Crippen LogP contribution in [-0.2, 0) is 29.6 Å². The number of anilines is 2. The minimum atomic E-state index is -0.119. The molecule has 0 radical (unpaired) electrons. The highest BCUT2D eigenvalue weighted by Gasteiger charge is 2.31. The fraction of sp³-hybridized carbons (Fsp3) is 0.357. The zero-order valence-corrected chi connectivity index (χ0v) is 22.5. The summed E-state index contributed by atoms with van der Waals surface area (Å²) in [5.74, 6) is 0.0227. The van der Waals surface area contributed by atoms with Crippen LogP contribution in [-0.4, -0.2) is 50.4 Å². The third-order valence-corrected chi connectivity index (χ3v) is 8.58. The molecule has 3 aromatic heterocycles. The molecule has 2 N–H and O–H groups in total. The predicted octanol–water partition coefficient (Wildman–Crippen LogP) is 3.81. The molecule has 9 nitrogen and oxygen atoms in total. The lowest BCUT2D eigenvalue weighted by Crippen LogP contribution is -2.46. The Morgan fingerprint density at radius 1 is 1.21 bits per heavy atom. The summed E-state index contributed by atoms with van der Waals surface area (Å²) in [6.07, 6.45) is 7.61. The Labute approximate surface area is 224 Å². The number of rotatable bonds is 4. The van der Waals surface area contributed by atoms with E-state index in [1.165, 1.54) is 11.3 Å². The summed E-state index contributed by atoms with van der Waals surface area (Å²) in [7, 11) is 1.89. The molecule has 2 amide bonds. The number of benzene rings is 1. The summed E-state index contributed by atoms with van der Waals surface area (Å²) in [4.78, 5) is 50.0. The van der Waals surface area contributed by atoms with Crippen LogP contribution < -0.4 is 15.8 Å². The van der Waals surface area contributed by atoms with Crippen molar-refractivity contribution in [2.75, 3.05) is 23.3 Å². The van der Waals surface area contributed by atoms with Crippen LogP contribution in [0.25, 0.3) is 22.0 Å². The van der Waals surface area contributed by atoms with Gasteiger partial charge in [0.05, 0.1) is 11.4 Å². The first kappa shape index (κ1) is 24.4. The third-order valence-electron chi connectivity index (χ3n) is 7.67. The van der Waals surface area contributed by atoms with Gasteiger partial charge in [-0.2, -0.15) is 0 Å². The van der Waals surface area contributed by atoms with Gasteiger partial charge in [-0.05, 0) is 43.5 Å². The van der Waals surface area contributed by atoms with Crippen LogP contribution in [0.4, 0.5) is 11.4 Å². The number of aromatic amines is 1. The quantitative estimate of drug-likeness (QED) is 0.418. The number of aryl methyl sites for hydroxylation is 2. The van der Waals surface area contributed by atoms with E-state index in [1.807, 2.05) is 48.0 Å². The molecule has 1 saturated heterocycles. The average Bonchev–Trinajstić information content (AvgIpc) is 3.43. The van der Waals surface area contributed by atoms with Gasteiger partial charge < -0.3 is 24.7 Å². The van der Waals surface area contributed by atoms with Gasteiger partial charge in [-0.3, -0.25) is 14.4 Å². The molecular weight excluding hydrogens is 500 g/mol. The number of nitrogens with one attached hydrogen (secondary N) is 2. The van der Waals surface area contributed by atoms with E-state index in [0.29, 0.717) is 17.7 Å². The Morgan fingerprint density at radius 3 is 2.71 bits per heavy atom. The van der Waals surface area contributed by atoms with Crippen LogP contribution in [0.2, 0.25) is 0 Å². The molecule has 0 atom stereocenters. The smallest absolute Gasteiger partial charge is 0.272 e. The minimum Gasteiger partial charge on any atom is -0.363 e. The van der Waals surface area contributed by atoms with Crippen LogP contribution >= 0.6 is 11.3 Å². The fourth-order valence-corrected chi connectivity index (χ4v) is 6.66. The molecule has 4 aromatic rings. The van der Waals surface area contributed by atoms with Crippen molar-refractivity contribution in [3.05, 3.63) is 62.6 Å². The maximum Gasteiger partial charge on any atom is 0.272 e. The number of nitrogens with zero attached hydrogens (tertiary/aromatic N) is 4. The molecule has 6 rings (SSSR count). The number of thiazole rings is 1. The molecular formula is C28H30N6O3S. The molecule has 2 aliphatic rings. The number of hydrogen-bond donors (Lipinski definition) is 2. The summed E-state index contributed by atoms with van der Waals surface area (Å²) in [6.45, 7) is 5.66. The van der Waals surface area contributed by atoms with Crippen LogP contribution in [0.15, 0.2) is 41.6 Å². The molecule has 0 spiro atoms. The van der Waals surface area contributed by atoms with Gasteiger partial charge in [-0.25, -0.2) is 4.98 Å². The first-order chi connectivity index (χ1) is 18.3. The molecule has 0 aliphatic carbocycles. The largest absolute Gasteiger partial charge is 0.363 e. The summed E-state index contributed by atoms with van der Waals surface area (Å²) in [5, 5.41) is 4.95. The van der Waals surface area contributed by atoms with Crippen molar-refractivity contribution in [1.82, 2.24) is 19.4 Å². The van der Waals surface area contributed by atoms with Crippen molar-refractivity contribution >= 4 is 45.4 Å². The van der Waals surface area contributed by atoms with E-state index in [2.05, 4.69) is 26.3 Å². The van der Waals surface area contributed by atoms with Crippen LogP contribution in [0.3, 0.4) is 0 Å². The first-order valence-corrected chi connectivity index (χ1v) is 13.7. The van der Waals surface area contributed by atoms with Crippen molar-refractivity contribution < 1.29 is 9.59 Å². The predicted molar refractivity (Wildman–Crippen MR) is 150 cm³/mol. The molecule has 0 bridgehead atoms. The van der Waals surface area contributed by atoms with Gasteiger partial charge in [0.1, 0.15) is 5.52 Å². The zero-order chi connectivity index (χ0) is 26.6. The van der Waals surface area contributed by atoms with Crippen molar-refractivity contribution in [3.63, 3.8) is 0 Å². The number of H-pyrrole nitrogens is 1.